The largest absolute Gasteiger partial charge is 0.399 e. The second-order valence-electron chi connectivity index (χ2n) is 2.78. The summed E-state index contributed by atoms with van der Waals surface area (Å²) in [4.78, 5) is 0. The molecule has 0 fully saturated rings. The molecule has 0 aliphatic heterocycles. The number of hydrogen-bond acceptors (Lipinski definition) is 1. The minimum atomic E-state index is -4.25. The Labute approximate surface area is 85.1 Å². The Kier molecular flexibility index (Phi) is 3.36. The third kappa shape index (κ3) is 4.19. The van der Waals surface area contributed by atoms with E-state index in [4.69, 9.17) is 5.26 Å². The van der Waals surface area contributed by atoms with Crippen LogP contribution in [0.5, 0.6) is 0 Å². The van der Waals surface area contributed by atoms with Crippen molar-refractivity contribution in [3.05, 3.63) is 35.4 Å². The molecule has 1 nitrogen and oxygen atoms in total. The summed E-state index contributed by atoms with van der Waals surface area (Å²) in [6.45, 7) is 0. The van der Waals surface area contributed by atoms with E-state index in [1.165, 1.54) is 24.3 Å². The maximum atomic E-state index is 11.7. The lowest BCUT2D eigenvalue weighted by Crippen LogP contribution is -2.04. The molecule has 15 heavy (non-hydrogen) atoms. The van der Waals surface area contributed by atoms with E-state index >= 15 is 0 Å². The van der Waals surface area contributed by atoms with E-state index in [-0.39, 0.29) is 0 Å². The van der Waals surface area contributed by atoms with Crippen LogP contribution in [0.1, 0.15) is 17.5 Å². The molecule has 1 rings (SSSR count). The van der Waals surface area contributed by atoms with Crippen molar-refractivity contribution >= 4 is 0 Å². The molecular weight excluding hydrogens is 203 g/mol. The highest BCUT2D eigenvalue weighted by molar-refractivity contribution is 5.39. The number of rotatable bonds is 0. The molecule has 0 aliphatic rings. The van der Waals surface area contributed by atoms with Crippen molar-refractivity contribution in [2.45, 2.75) is 12.6 Å². The van der Waals surface area contributed by atoms with Crippen LogP contribution in [0.3, 0.4) is 0 Å². The lowest BCUT2D eigenvalue weighted by molar-refractivity contribution is -0.123. The number of benzene rings is 1. The summed E-state index contributed by atoms with van der Waals surface area (Å²) in [5.41, 5.74) is 0.926. The summed E-state index contributed by atoms with van der Waals surface area (Å²) in [5, 5.41) is 8.48. The molecular formula is C11H6F3N. The Bertz CT molecular complexity index is 426. The lowest BCUT2D eigenvalue weighted by Gasteiger charge is -1.97. The van der Waals surface area contributed by atoms with Crippen LogP contribution in [-0.2, 0) is 0 Å². The fourth-order valence-electron chi connectivity index (χ4n) is 0.875. The Hall–Kier alpha value is -1.94. The van der Waals surface area contributed by atoms with Crippen molar-refractivity contribution in [3.63, 3.8) is 0 Å². The monoisotopic (exact) mass is 209 g/mol. The van der Waals surface area contributed by atoms with Gasteiger partial charge in [0.25, 0.3) is 0 Å². The highest BCUT2D eigenvalue weighted by Gasteiger charge is 2.25. The summed E-state index contributed by atoms with van der Waals surface area (Å²) in [7, 11) is 0. The van der Waals surface area contributed by atoms with E-state index in [0.29, 0.717) is 11.1 Å². The second kappa shape index (κ2) is 4.52. The van der Waals surface area contributed by atoms with Crippen LogP contribution in [0.2, 0.25) is 0 Å². The van der Waals surface area contributed by atoms with Crippen molar-refractivity contribution in [2.24, 2.45) is 0 Å². The van der Waals surface area contributed by atoms with Crippen molar-refractivity contribution in [2.75, 3.05) is 0 Å². The molecule has 0 saturated carbocycles. The van der Waals surface area contributed by atoms with E-state index in [1.54, 1.807) is 0 Å². The van der Waals surface area contributed by atoms with Gasteiger partial charge in [-0.1, -0.05) is 11.8 Å². The van der Waals surface area contributed by atoms with Gasteiger partial charge in [0.15, 0.2) is 0 Å². The van der Waals surface area contributed by atoms with Gasteiger partial charge in [-0.2, -0.15) is 18.4 Å². The van der Waals surface area contributed by atoms with Gasteiger partial charge in [0.1, 0.15) is 6.42 Å². The third-order valence-electron chi connectivity index (χ3n) is 1.54. The molecule has 0 aromatic heterocycles. The van der Waals surface area contributed by atoms with E-state index in [0.717, 1.165) is 0 Å². The SMILES string of the molecule is N#Cc1ccc(C#CCC(F)(F)F)cc1. The van der Waals surface area contributed by atoms with E-state index < -0.39 is 12.6 Å². The first-order valence-electron chi connectivity index (χ1n) is 4.07. The Morgan fingerprint density at radius 3 is 2.07 bits per heavy atom. The van der Waals surface area contributed by atoms with Crippen LogP contribution in [0.15, 0.2) is 24.3 Å². The van der Waals surface area contributed by atoms with Gasteiger partial charge in [0.2, 0.25) is 0 Å². The molecule has 0 amide bonds. The number of hydrogen-bond donors (Lipinski definition) is 0. The second-order valence-corrected chi connectivity index (χ2v) is 2.78. The number of nitriles is 1. The average Bonchev–Trinajstić information content (AvgIpc) is 2.17. The molecule has 0 unspecified atom stereocenters. The van der Waals surface area contributed by atoms with Gasteiger partial charge in [0.05, 0.1) is 11.6 Å². The van der Waals surface area contributed by atoms with Gasteiger partial charge in [-0.3, -0.25) is 0 Å². The molecule has 76 valence electrons. The average molecular weight is 209 g/mol. The van der Waals surface area contributed by atoms with Gasteiger partial charge in [-0.15, -0.1) is 0 Å². The van der Waals surface area contributed by atoms with Crippen LogP contribution in [0, 0.1) is 23.2 Å². The first kappa shape index (κ1) is 11.1. The van der Waals surface area contributed by atoms with Crippen LogP contribution in [0.4, 0.5) is 13.2 Å². The van der Waals surface area contributed by atoms with Crippen LogP contribution < -0.4 is 0 Å². The summed E-state index contributed by atoms with van der Waals surface area (Å²) < 4.78 is 35.2. The molecule has 0 bridgehead atoms. The lowest BCUT2D eigenvalue weighted by atomic mass is 10.1. The highest BCUT2D eigenvalue weighted by atomic mass is 19.4. The first-order valence-corrected chi connectivity index (χ1v) is 4.07. The predicted octanol–water partition coefficient (Wildman–Crippen LogP) is 2.86. The van der Waals surface area contributed by atoms with Crippen molar-refractivity contribution in [3.8, 4) is 17.9 Å². The van der Waals surface area contributed by atoms with Crippen LogP contribution >= 0.6 is 0 Å². The van der Waals surface area contributed by atoms with Gasteiger partial charge < -0.3 is 0 Å². The fourth-order valence-corrected chi connectivity index (χ4v) is 0.875. The van der Waals surface area contributed by atoms with Crippen LogP contribution in [-0.4, -0.2) is 6.18 Å². The highest BCUT2D eigenvalue weighted by Crippen LogP contribution is 2.18. The summed E-state index contributed by atoms with van der Waals surface area (Å²) >= 11 is 0. The normalized spacial score (nSPS) is 10.0. The molecule has 1 aromatic rings. The summed E-state index contributed by atoms with van der Waals surface area (Å²) in [5.74, 6) is 4.39. The molecule has 4 heteroatoms. The molecule has 0 radical (unpaired) electrons. The standard InChI is InChI=1S/C11H6F3N/c12-11(13,14)7-1-2-9-3-5-10(8-15)6-4-9/h3-6H,7H2. The topological polar surface area (TPSA) is 23.8 Å². The molecule has 0 saturated heterocycles. The van der Waals surface area contributed by atoms with Gasteiger partial charge in [0, 0.05) is 5.56 Å². The maximum Gasteiger partial charge on any atom is 0.399 e. The molecule has 1 aromatic carbocycles. The number of alkyl halides is 3. The Morgan fingerprint density at radius 2 is 1.60 bits per heavy atom. The zero-order valence-electron chi connectivity index (χ0n) is 7.60. The third-order valence-corrected chi connectivity index (χ3v) is 1.54. The fraction of sp³-hybridized carbons (Fsp3) is 0.182. The number of nitrogens with zero attached hydrogens (tertiary/aromatic N) is 1. The Balaban J connectivity index is 2.70. The van der Waals surface area contributed by atoms with Gasteiger partial charge in [-0.05, 0) is 24.3 Å². The van der Waals surface area contributed by atoms with Crippen molar-refractivity contribution in [1.29, 1.82) is 5.26 Å². The Morgan fingerprint density at radius 1 is 1.07 bits per heavy atom. The smallest absolute Gasteiger partial charge is 0.192 e. The van der Waals surface area contributed by atoms with Crippen molar-refractivity contribution in [1.82, 2.24) is 0 Å². The minimum Gasteiger partial charge on any atom is -0.192 e. The van der Waals surface area contributed by atoms with E-state index in [9.17, 15) is 13.2 Å². The minimum absolute atomic E-state index is 0.455. The first-order chi connectivity index (χ1) is 7.01. The zero-order chi connectivity index (χ0) is 11.3. The van der Waals surface area contributed by atoms with E-state index in [1.807, 2.05) is 12.0 Å². The van der Waals surface area contributed by atoms with Gasteiger partial charge >= 0.3 is 6.18 Å². The molecule has 0 aliphatic carbocycles. The summed E-state index contributed by atoms with van der Waals surface area (Å²) in [6.07, 6.45) is -5.37. The van der Waals surface area contributed by atoms with E-state index in [2.05, 4.69) is 5.92 Å². The molecule has 0 heterocycles. The maximum absolute atomic E-state index is 11.7. The molecule has 0 N–H and O–H groups in total. The number of halogens is 3. The zero-order valence-corrected chi connectivity index (χ0v) is 7.60. The quantitative estimate of drug-likeness (QED) is 0.602. The molecule has 0 spiro atoms. The van der Waals surface area contributed by atoms with Gasteiger partial charge in [-0.25, -0.2) is 0 Å². The van der Waals surface area contributed by atoms with Crippen LogP contribution in [0.25, 0.3) is 0 Å². The predicted molar refractivity (Wildman–Crippen MR) is 48.7 cm³/mol. The molecule has 0 atom stereocenters. The van der Waals surface area contributed by atoms with Crippen molar-refractivity contribution < 1.29 is 13.2 Å². The summed E-state index contributed by atoms with van der Waals surface area (Å²) in [6, 6.07) is 7.96.